The Bertz CT molecular complexity index is 485. The zero-order valence-corrected chi connectivity index (χ0v) is 7.90. The predicted octanol–water partition coefficient (Wildman–Crippen LogP) is 2.20. The molecule has 0 aliphatic rings. The van der Waals surface area contributed by atoms with Crippen molar-refractivity contribution in [1.82, 2.24) is 4.40 Å². The molecule has 2 aromatic rings. The van der Waals surface area contributed by atoms with Crippen LogP contribution in [0.3, 0.4) is 0 Å². The number of rotatable bonds is 2. The number of carboxylic acid groups (broad SMARTS) is 1. The van der Waals surface area contributed by atoms with Gasteiger partial charge in [0.2, 0.25) is 0 Å². The number of pyridine rings is 1. The van der Waals surface area contributed by atoms with E-state index in [1.54, 1.807) is 16.7 Å². The van der Waals surface area contributed by atoms with E-state index in [2.05, 4.69) is 0 Å². The number of nitrogens with zero attached hydrogens (tertiary/aromatic N) is 1. The van der Waals surface area contributed by atoms with Gasteiger partial charge in [0.05, 0.1) is 0 Å². The molecule has 2 aromatic heterocycles. The molecular formula is C11H11NO2. The summed E-state index contributed by atoms with van der Waals surface area (Å²) in [6.07, 6.45) is 2.62. The molecule has 0 bridgehead atoms. The van der Waals surface area contributed by atoms with E-state index in [1.165, 1.54) is 0 Å². The molecule has 0 spiro atoms. The third-order valence-electron chi connectivity index (χ3n) is 2.36. The van der Waals surface area contributed by atoms with E-state index in [4.69, 9.17) is 5.11 Å². The zero-order valence-electron chi connectivity index (χ0n) is 7.90. The van der Waals surface area contributed by atoms with Gasteiger partial charge in [0.25, 0.3) is 0 Å². The van der Waals surface area contributed by atoms with Gasteiger partial charge in [-0.3, -0.25) is 0 Å². The summed E-state index contributed by atoms with van der Waals surface area (Å²) in [7, 11) is 0. The SMILES string of the molecule is CCc1cc(C(=O)O)n2ccccc12. The summed E-state index contributed by atoms with van der Waals surface area (Å²) in [6, 6.07) is 7.42. The highest BCUT2D eigenvalue weighted by atomic mass is 16.4. The first kappa shape index (κ1) is 8.81. The molecule has 0 saturated heterocycles. The van der Waals surface area contributed by atoms with Crippen molar-refractivity contribution in [2.45, 2.75) is 13.3 Å². The first-order valence-electron chi connectivity index (χ1n) is 4.56. The molecule has 0 aliphatic carbocycles. The number of aromatic nitrogens is 1. The van der Waals surface area contributed by atoms with Crippen LogP contribution in [0.1, 0.15) is 23.0 Å². The Hall–Kier alpha value is -1.77. The van der Waals surface area contributed by atoms with Gasteiger partial charge in [-0.25, -0.2) is 4.79 Å². The van der Waals surface area contributed by atoms with Crippen LogP contribution < -0.4 is 0 Å². The molecule has 0 aliphatic heterocycles. The number of hydrogen-bond acceptors (Lipinski definition) is 1. The van der Waals surface area contributed by atoms with Crippen molar-refractivity contribution in [3.8, 4) is 0 Å². The van der Waals surface area contributed by atoms with E-state index >= 15 is 0 Å². The van der Waals surface area contributed by atoms with Crippen LogP contribution in [-0.2, 0) is 6.42 Å². The lowest BCUT2D eigenvalue weighted by molar-refractivity contribution is 0.0689. The van der Waals surface area contributed by atoms with E-state index in [1.807, 2.05) is 25.1 Å². The quantitative estimate of drug-likeness (QED) is 0.786. The van der Waals surface area contributed by atoms with Crippen molar-refractivity contribution in [2.24, 2.45) is 0 Å². The number of aryl methyl sites for hydroxylation is 1. The highest BCUT2D eigenvalue weighted by Crippen LogP contribution is 2.17. The van der Waals surface area contributed by atoms with E-state index < -0.39 is 5.97 Å². The molecule has 0 atom stereocenters. The molecule has 14 heavy (non-hydrogen) atoms. The Labute approximate surface area is 81.6 Å². The minimum absolute atomic E-state index is 0.331. The van der Waals surface area contributed by atoms with Crippen LogP contribution in [0.4, 0.5) is 0 Å². The summed E-state index contributed by atoms with van der Waals surface area (Å²) < 4.78 is 1.71. The second kappa shape index (κ2) is 3.18. The van der Waals surface area contributed by atoms with Crippen LogP contribution in [0.25, 0.3) is 5.52 Å². The van der Waals surface area contributed by atoms with Gasteiger partial charge < -0.3 is 9.51 Å². The molecule has 1 N–H and O–H groups in total. The van der Waals surface area contributed by atoms with Gasteiger partial charge >= 0.3 is 5.97 Å². The highest BCUT2D eigenvalue weighted by Gasteiger charge is 2.11. The van der Waals surface area contributed by atoms with Crippen LogP contribution in [0.15, 0.2) is 30.5 Å². The maximum absolute atomic E-state index is 10.9. The first-order chi connectivity index (χ1) is 6.74. The molecule has 2 rings (SSSR count). The fourth-order valence-electron chi connectivity index (χ4n) is 1.67. The van der Waals surface area contributed by atoms with Crippen molar-refractivity contribution in [1.29, 1.82) is 0 Å². The van der Waals surface area contributed by atoms with Gasteiger partial charge in [-0.15, -0.1) is 0 Å². The van der Waals surface area contributed by atoms with Crippen LogP contribution >= 0.6 is 0 Å². The molecule has 3 heteroatoms. The average molecular weight is 189 g/mol. The van der Waals surface area contributed by atoms with Crippen molar-refractivity contribution >= 4 is 11.5 Å². The zero-order chi connectivity index (χ0) is 10.1. The lowest BCUT2D eigenvalue weighted by Crippen LogP contribution is -2.00. The molecule has 2 heterocycles. The van der Waals surface area contributed by atoms with Gasteiger partial charge in [-0.05, 0) is 30.2 Å². The van der Waals surface area contributed by atoms with Gasteiger partial charge in [-0.2, -0.15) is 0 Å². The minimum Gasteiger partial charge on any atom is -0.477 e. The summed E-state index contributed by atoms with van der Waals surface area (Å²) in [5.41, 5.74) is 2.38. The second-order valence-electron chi connectivity index (χ2n) is 3.17. The summed E-state index contributed by atoms with van der Waals surface area (Å²) in [5.74, 6) is -0.883. The molecule has 0 radical (unpaired) electrons. The molecule has 0 fully saturated rings. The number of fused-ring (bicyclic) bond motifs is 1. The molecule has 0 saturated carbocycles. The molecule has 0 unspecified atom stereocenters. The van der Waals surface area contributed by atoms with Crippen LogP contribution in [-0.4, -0.2) is 15.5 Å². The van der Waals surface area contributed by atoms with Crippen LogP contribution in [0.2, 0.25) is 0 Å². The minimum atomic E-state index is -0.883. The second-order valence-corrected chi connectivity index (χ2v) is 3.17. The number of carbonyl (C=O) groups is 1. The summed E-state index contributed by atoms with van der Waals surface area (Å²) in [6.45, 7) is 2.02. The molecule has 3 nitrogen and oxygen atoms in total. The molecule has 0 aromatic carbocycles. The Morgan fingerprint density at radius 1 is 1.50 bits per heavy atom. The normalized spacial score (nSPS) is 10.6. The topological polar surface area (TPSA) is 41.7 Å². The fourth-order valence-corrected chi connectivity index (χ4v) is 1.67. The Morgan fingerprint density at radius 3 is 2.93 bits per heavy atom. The predicted molar refractivity (Wildman–Crippen MR) is 53.7 cm³/mol. The largest absolute Gasteiger partial charge is 0.477 e. The maximum atomic E-state index is 10.9. The fraction of sp³-hybridized carbons (Fsp3) is 0.182. The Kier molecular flexibility index (Phi) is 2.00. The average Bonchev–Trinajstić information content (AvgIpc) is 2.56. The van der Waals surface area contributed by atoms with E-state index in [0.717, 1.165) is 17.5 Å². The van der Waals surface area contributed by atoms with Crippen LogP contribution in [0, 0.1) is 0 Å². The maximum Gasteiger partial charge on any atom is 0.352 e. The lowest BCUT2D eigenvalue weighted by Gasteiger charge is -1.97. The van der Waals surface area contributed by atoms with Crippen molar-refractivity contribution in [2.75, 3.05) is 0 Å². The number of carboxylic acids is 1. The first-order valence-corrected chi connectivity index (χ1v) is 4.56. The third kappa shape index (κ3) is 1.18. The van der Waals surface area contributed by atoms with Crippen molar-refractivity contribution < 1.29 is 9.90 Å². The summed E-state index contributed by atoms with van der Waals surface area (Å²) in [5, 5.41) is 8.97. The monoisotopic (exact) mass is 189 g/mol. The van der Waals surface area contributed by atoms with Gasteiger partial charge in [0.1, 0.15) is 5.69 Å². The van der Waals surface area contributed by atoms with Gasteiger partial charge in [0, 0.05) is 11.7 Å². The van der Waals surface area contributed by atoms with Crippen molar-refractivity contribution in [3.05, 3.63) is 41.7 Å². The van der Waals surface area contributed by atoms with E-state index in [0.29, 0.717) is 5.69 Å². The van der Waals surface area contributed by atoms with E-state index in [-0.39, 0.29) is 0 Å². The van der Waals surface area contributed by atoms with Crippen molar-refractivity contribution in [3.63, 3.8) is 0 Å². The molecule has 72 valence electrons. The lowest BCUT2D eigenvalue weighted by atomic mass is 10.2. The molecule has 0 amide bonds. The summed E-state index contributed by atoms with van der Waals surface area (Å²) in [4.78, 5) is 10.9. The van der Waals surface area contributed by atoms with Gasteiger partial charge in [0.15, 0.2) is 0 Å². The standard InChI is InChI=1S/C11H11NO2/c1-2-8-7-10(11(13)14)12-6-4-3-5-9(8)12/h3-7H,2H2,1H3,(H,13,14). The highest BCUT2D eigenvalue weighted by molar-refractivity contribution is 5.88. The Morgan fingerprint density at radius 2 is 2.29 bits per heavy atom. The third-order valence-corrected chi connectivity index (χ3v) is 2.36. The van der Waals surface area contributed by atoms with Gasteiger partial charge in [-0.1, -0.05) is 13.0 Å². The number of hydrogen-bond donors (Lipinski definition) is 1. The molecular weight excluding hydrogens is 178 g/mol. The Balaban J connectivity index is 2.80. The van der Waals surface area contributed by atoms with E-state index in [9.17, 15) is 4.79 Å². The number of aromatic carboxylic acids is 1. The van der Waals surface area contributed by atoms with Crippen LogP contribution in [0.5, 0.6) is 0 Å². The summed E-state index contributed by atoms with van der Waals surface area (Å²) >= 11 is 0. The smallest absolute Gasteiger partial charge is 0.352 e.